The van der Waals surface area contributed by atoms with E-state index in [1.54, 1.807) is 55.5 Å². The predicted octanol–water partition coefficient (Wildman–Crippen LogP) is 4.14. The van der Waals surface area contributed by atoms with Crippen molar-refractivity contribution in [3.8, 4) is 11.5 Å². The van der Waals surface area contributed by atoms with E-state index >= 15 is 0 Å². The van der Waals surface area contributed by atoms with Crippen LogP contribution in [0.3, 0.4) is 0 Å². The van der Waals surface area contributed by atoms with Crippen LogP contribution in [-0.4, -0.2) is 32.6 Å². The zero-order chi connectivity index (χ0) is 20.1. The van der Waals surface area contributed by atoms with Crippen LogP contribution in [0.1, 0.15) is 18.4 Å². The summed E-state index contributed by atoms with van der Waals surface area (Å²) in [6.45, 7) is 0.674. The average molecular weight is 401 g/mol. The molecule has 0 atom stereocenters. The predicted molar refractivity (Wildman–Crippen MR) is 110 cm³/mol. The van der Waals surface area contributed by atoms with Crippen LogP contribution in [0.25, 0.3) is 6.08 Å². The number of carbonyl (C=O) groups is 2. The van der Waals surface area contributed by atoms with Crippen LogP contribution in [-0.2, 0) is 9.59 Å². The lowest BCUT2D eigenvalue weighted by molar-refractivity contribution is -0.117. The minimum absolute atomic E-state index is 0.0768. The van der Waals surface area contributed by atoms with Crippen LogP contribution < -0.4 is 19.7 Å². The number of halogens is 1. The van der Waals surface area contributed by atoms with Gasteiger partial charge in [-0.2, -0.15) is 0 Å². The number of anilines is 2. The lowest BCUT2D eigenvalue weighted by Crippen LogP contribution is -2.23. The third kappa shape index (κ3) is 4.46. The molecule has 1 saturated heterocycles. The van der Waals surface area contributed by atoms with Crippen LogP contribution in [0.15, 0.2) is 42.5 Å². The van der Waals surface area contributed by atoms with E-state index < -0.39 is 0 Å². The zero-order valence-corrected chi connectivity index (χ0v) is 16.5. The SMILES string of the molecule is COc1ccc(/C=C/C(=O)Nc2cc(N3CCCC3=O)ccc2Cl)cc1OC. The molecule has 0 unspecified atom stereocenters. The number of nitrogens with one attached hydrogen (secondary N) is 1. The van der Waals surface area contributed by atoms with Crippen LogP contribution in [0.2, 0.25) is 5.02 Å². The molecule has 2 aromatic rings. The van der Waals surface area contributed by atoms with Gasteiger partial charge in [-0.05, 0) is 48.4 Å². The maximum atomic E-state index is 12.3. The Hall–Kier alpha value is -2.99. The molecular formula is C21H21ClN2O4. The Morgan fingerprint density at radius 1 is 1.14 bits per heavy atom. The molecule has 1 aliphatic heterocycles. The first-order chi connectivity index (χ1) is 13.5. The Morgan fingerprint density at radius 3 is 2.61 bits per heavy atom. The number of carbonyl (C=O) groups excluding carboxylic acids is 2. The number of nitrogens with zero attached hydrogens (tertiary/aromatic N) is 1. The van der Waals surface area contributed by atoms with Crippen molar-refractivity contribution in [2.24, 2.45) is 0 Å². The van der Waals surface area contributed by atoms with Gasteiger partial charge in [0.15, 0.2) is 11.5 Å². The lowest BCUT2D eigenvalue weighted by Gasteiger charge is -2.17. The van der Waals surface area contributed by atoms with Gasteiger partial charge in [0, 0.05) is 24.7 Å². The van der Waals surface area contributed by atoms with Gasteiger partial charge in [0.05, 0.1) is 24.9 Å². The van der Waals surface area contributed by atoms with Gasteiger partial charge in [-0.25, -0.2) is 0 Å². The fourth-order valence-corrected chi connectivity index (χ4v) is 3.17. The topological polar surface area (TPSA) is 67.9 Å². The van der Waals surface area contributed by atoms with Gasteiger partial charge in [0.1, 0.15) is 0 Å². The van der Waals surface area contributed by atoms with Crippen molar-refractivity contribution in [2.75, 3.05) is 31.0 Å². The van der Waals surface area contributed by atoms with Crippen molar-refractivity contribution in [2.45, 2.75) is 12.8 Å². The lowest BCUT2D eigenvalue weighted by atomic mass is 10.2. The molecule has 28 heavy (non-hydrogen) atoms. The van der Waals surface area contributed by atoms with E-state index in [1.807, 2.05) is 6.07 Å². The first-order valence-corrected chi connectivity index (χ1v) is 9.20. The van der Waals surface area contributed by atoms with E-state index in [9.17, 15) is 9.59 Å². The van der Waals surface area contributed by atoms with E-state index in [0.29, 0.717) is 35.2 Å². The van der Waals surface area contributed by atoms with Gasteiger partial charge in [-0.15, -0.1) is 0 Å². The van der Waals surface area contributed by atoms with Gasteiger partial charge < -0.3 is 19.7 Å². The number of rotatable bonds is 6. The number of benzene rings is 2. The molecule has 0 spiro atoms. The fraction of sp³-hybridized carbons (Fsp3) is 0.238. The van der Waals surface area contributed by atoms with Gasteiger partial charge >= 0.3 is 0 Å². The molecule has 1 N–H and O–H groups in total. The maximum absolute atomic E-state index is 12.3. The Balaban J connectivity index is 1.72. The Morgan fingerprint density at radius 2 is 1.93 bits per heavy atom. The molecule has 0 bridgehead atoms. The highest BCUT2D eigenvalue weighted by Gasteiger charge is 2.22. The number of ether oxygens (including phenoxy) is 2. The van der Waals surface area contributed by atoms with Crippen molar-refractivity contribution < 1.29 is 19.1 Å². The number of hydrogen-bond donors (Lipinski definition) is 1. The number of methoxy groups -OCH3 is 2. The van der Waals surface area contributed by atoms with Crippen molar-refractivity contribution >= 4 is 40.9 Å². The summed E-state index contributed by atoms with van der Waals surface area (Å²) in [6, 6.07) is 10.5. The van der Waals surface area contributed by atoms with E-state index in [2.05, 4.69) is 5.32 Å². The van der Waals surface area contributed by atoms with Gasteiger partial charge in [-0.1, -0.05) is 17.7 Å². The summed E-state index contributed by atoms with van der Waals surface area (Å²) in [4.78, 5) is 25.9. The van der Waals surface area contributed by atoms with Crippen molar-refractivity contribution in [3.63, 3.8) is 0 Å². The minimum atomic E-state index is -0.332. The largest absolute Gasteiger partial charge is 0.493 e. The fourth-order valence-electron chi connectivity index (χ4n) is 3.00. The minimum Gasteiger partial charge on any atom is -0.493 e. The molecular weight excluding hydrogens is 380 g/mol. The molecule has 0 aromatic heterocycles. The summed E-state index contributed by atoms with van der Waals surface area (Å²) in [5.41, 5.74) is 1.97. The Bertz CT molecular complexity index is 927. The van der Waals surface area contributed by atoms with E-state index in [1.165, 1.54) is 6.08 Å². The molecule has 6 nitrogen and oxygen atoms in total. The van der Waals surface area contributed by atoms with Crippen LogP contribution >= 0.6 is 11.6 Å². The summed E-state index contributed by atoms with van der Waals surface area (Å²) < 4.78 is 10.5. The second-order valence-electron chi connectivity index (χ2n) is 6.25. The smallest absolute Gasteiger partial charge is 0.248 e. The highest BCUT2D eigenvalue weighted by Crippen LogP contribution is 2.30. The third-order valence-corrected chi connectivity index (χ3v) is 4.76. The number of hydrogen-bond acceptors (Lipinski definition) is 4. The monoisotopic (exact) mass is 400 g/mol. The molecule has 0 radical (unpaired) electrons. The molecule has 2 amide bonds. The van der Waals surface area contributed by atoms with Gasteiger partial charge in [-0.3, -0.25) is 9.59 Å². The zero-order valence-electron chi connectivity index (χ0n) is 15.7. The van der Waals surface area contributed by atoms with Crippen molar-refractivity contribution in [3.05, 3.63) is 53.1 Å². The van der Waals surface area contributed by atoms with Gasteiger partial charge in [0.2, 0.25) is 11.8 Å². The normalized spacial score (nSPS) is 13.8. The third-order valence-electron chi connectivity index (χ3n) is 4.43. The summed E-state index contributed by atoms with van der Waals surface area (Å²) >= 11 is 6.20. The Kier molecular flexibility index (Phi) is 6.21. The second-order valence-corrected chi connectivity index (χ2v) is 6.66. The summed E-state index contributed by atoms with van der Waals surface area (Å²) in [6.07, 6.45) is 4.44. The van der Waals surface area contributed by atoms with E-state index in [0.717, 1.165) is 17.7 Å². The summed E-state index contributed by atoms with van der Waals surface area (Å²) in [7, 11) is 3.12. The molecule has 1 fully saturated rings. The average Bonchev–Trinajstić information content (AvgIpc) is 3.13. The van der Waals surface area contributed by atoms with E-state index in [-0.39, 0.29) is 11.8 Å². The second kappa shape index (κ2) is 8.80. The molecule has 3 rings (SSSR count). The Labute approximate surface area is 168 Å². The quantitative estimate of drug-likeness (QED) is 0.740. The summed E-state index contributed by atoms with van der Waals surface area (Å²) in [5.74, 6) is 0.940. The standard InChI is InChI=1S/C21H21ClN2O4/c1-27-18-9-5-14(12-19(18)28-2)6-10-20(25)23-17-13-15(7-8-16(17)22)24-11-3-4-21(24)26/h5-10,12-13H,3-4,11H2,1-2H3,(H,23,25)/b10-6+. The molecule has 0 aliphatic carbocycles. The first kappa shape index (κ1) is 19.8. The molecule has 1 aliphatic rings. The molecule has 146 valence electrons. The molecule has 7 heteroatoms. The van der Waals surface area contributed by atoms with Crippen LogP contribution in [0.4, 0.5) is 11.4 Å². The van der Waals surface area contributed by atoms with Crippen LogP contribution in [0.5, 0.6) is 11.5 Å². The molecule has 2 aromatic carbocycles. The van der Waals surface area contributed by atoms with Crippen LogP contribution in [0, 0.1) is 0 Å². The van der Waals surface area contributed by atoms with Crippen molar-refractivity contribution in [1.82, 2.24) is 0 Å². The first-order valence-electron chi connectivity index (χ1n) is 8.83. The van der Waals surface area contributed by atoms with Crippen molar-refractivity contribution in [1.29, 1.82) is 0 Å². The highest BCUT2D eigenvalue weighted by molar-refractivity contribution is 6.34. The van der Waals surface area contributed by atoms with Gasteiger partial charge in [0.25, 0.3) is 0 Å². The summed E-state index contributed by atoms with van der Waals surface area (Å²) in [5, 5.41) is 3.16. The number of amides is 2. The molecule has 0 saturated carbocycles. The maximum Gasteiger partial charge on any atom is 0.248 e. The van der Waals surface area contributed by atoms with E-state index in [4.69, 9.17) is 21.1 Å². The highest BCUT2D eigenvalue weighted by atomic mass is 35.5. The molecule has 1 heterocycles.